The molecule has 21 heavy (non-hydrogen) atoms. The summed E-state index contributed by atoms with van der Waals surface area (Å²) in [5.74, 6) is -0.247. The van der Waals surface area contributed by atoms with Gasteiger partial charge in [0.25, 0.3) is 0 Å². The minimum atomic E-state index is -1.03. The van der Waals surface area contributed by atoms with Gasteiger partial charge in [-0.3, -0.25) is 4.68 Å². The Bertz CT molecular complexity index is 845. The average molecular weight is 285 g/mol. The SMILES string of the molecule is COc1cccc2c1cc(-c1cc(C(=O)O)nn1C)n2C. The normalized spacial score (nSPS) is 11.0. The average Bonchev–Trinajstić information content (AvgIpc) is 3.00. The third-order valence-corrected chi connectivity index (χ3v) is 3.63. The predicted molar refractivity (Wildman–Crippen MR) is 78.6 cm³/mol. The van der Waals surface area contributed by atoms with E-state index in [0.717, 1.165) is 28.0 Å². The summed E-state index contributed by atoms with van der Waals surface area (Å²) in [5, 5.41) is 14.1. The summed E-state index contributed by atoms with van der Waals surface area (Å²) in [7, 11) is 5.30. The molecule has 1 N–H and O–H groups in total. The molecule has 0 saturated carbocycles. The molecular weight excluding hydrogens is 270 g/mol. The summed E-state index contributed by atoms with van der Waals surface area (Å²) in [5.41, 5.74) is 2.68. The molecular formula is C15H15N3O3. The van der Waals surface area contributed by atoms with Crippen LogP contribution in [0.4, 0.5) is 0 Å². The lowest BCUT2D eigenvalue weighted by molar-refractivity contribution is 0.0689. The summed E-state index contributed by atoms with van der Waals surface area (Å²) >= 11 is 0. The fraction of sp³-hybridized carbons (Fsp3) is 0.200. The second-order valence-electron chi connectivity index (χ2n) is 4.83. The van der Waals surface area contributed by atoms with Gasteiger partial charge in [-0.15, -0.1) is 0 Å². The number of aryl methyl sites for hydroxylation is 2. The molecule has 0 aliphatic carbocycles. The quantitative estimate of drug-likeness (QED) is 0.801. The first kappa shape index (κ1) is 13.2. The number of hydrogen-bond acceptors (Lipinski definition) is 3. The molecule has 0 saturated heterocycles. The number of aromatic carboxylic acids is 1. The number of aromatic nitrogens is 3. The van der Waals surface area contributed by atoms with Crippen molar-refractivity contribution in [1.29, 1.82) is 0 Å². The van der Waals surface area contributed by atoms with Crippen LogP contribution in [0.1, 0.15) is 10.5 Å². The summed E-state index contributed by atoms with van der Waals surface area (Å²) in [6.45, 7) is 0. The summed E-state index contributed by atoms with van der Waals surface area (Å²) in [6, 6.07) is 9.38. The van der Waals surface area contributed by atoms with E-state index in [2.05, 4.69) is 5.10 Å². The van der Waals surface area contributed by atoms with Gasteiger partial charge in [-0.25, -0.2) is 4.79 Å². The minimum absolute atomic E-state index is 0.0321. The Hall–Kier alpha value is -2.76. The zero-order valence-corrected chi connectivity index (χ0v) is 12.0. The van der Waals surface area contributed by atoms with Crippen molar-refractivity contribution in [2.75, 3.05) is 7.11 Å². The molecule has 0 spiro atoms. The lowest BCUT2D eigenvalue weighted by atomic mass is 10.2. The Morgan fingerprint density at radius 2 is 2.00 bits per heavy atom. The molecule has 0 amide bonds. The number of carboxylic acid groups (broad SMARTS) is 1. The predicted octanol–water partition coefficient (Wildman–Crippen LogP) is 2.29. The molecule has 0 atom stereocenters. The maximum atomic E-state index is 11.1. The van der Waals surface area contributed by atoms with Crippen LogP contribution in [0.5, 0.6) is 5.75 Å². The van der Waals surface area contributed by atoms with Gasteiger partial charge in [0, 0.05) is 25.5 Å². The zero-order valence-electron chi connectivity index (χ0n) is 12.0. The van der Waals surface area contributed by atoms with Crippen LogP contribution in [0, 0.1) is 0 Å². The van der Waals surface area contributed by atoms with Crippen LogP contribution in [0.25, 0.3) is 22.3 Å². The Morgan fingerprint density at radius 1 is 1.24 bits per heavy atom. The van der Waals surface area contributed by atoms with E-state index in [4.69, 9.17) is 9.84 Å². The van der Waals surface area contributed by atoms with Crippen molar-refractivity contribution in [1.82, 2.24) is 14.3 Å². The topological polar surface area (TPSA) is 69.3 Å². The summed E-state index contributed by atoms with van der Waals surface area (Å²) in [4.78, 5) is 11.1. The molecule has 1 aromatic carbocycles. The van der Waals surface area contributed by atoms with Gasteiger partial charge in [-0.1, -0.05) is 6.07 Å². The molecule has 0 bridgehead atoms. The maximum Gasteiger partial charge on any atom is 0.356 e. The van der Waals surface area contributed by atoms with Crippen LogP contribution in [0.3, 0.4) is 0 Å². The molecule has 108 valence electrons. The molecule has 6 nitrogen and oxygen atoms in total. The highest BCUT2D eigenvalue weighted by Gasteiger charge is 2.17. The maximum absolute atomic E-state index is 11.1. The Balaban J connectivity index is 2.26. The molecule has 3 aromatic rings. The van der Waals surface area contributed by atoms with Gasteiger partial charge in [0.1, 0.15) is 5.75 Å². The number of benzene rings is 1. The number of methoxy groups -OCH3 is 1. The lowest BCUT2D eigenvalue weighted by Crippen LogP contribution is -2.00. The first-order valence-corrected chi connectivity index (χ1v) is 6.43. The standard InChI is InChI=1S/C15H15N3O3/c1-17-11-5-4-6-14(21-3)9(11)7-12(17)13-8-10(15(19)20)16-18(13)2/h4-8H,1-3H3,(H,19,20). The molecule has 0 aliphatic rings. The second kappa shape index (κ2) is 4.66. The van der Waals surface area contributed by atoms with Crippen LogP contribution in [-0.4, -0.2) is 32.5 Å². The number of ether oxygens (including phenoxy) is 1. The zero-order chi connectivity index (χ0) is 15.1. The van der Waals surface area contributed by atoms with E-state index in [9.17, 15) is 4.79 Å². The van der Waals surface area contributed by atoms with Crippen LogP contribution in [0.15, 0.2) is 30.3 Å². The number of fused-ring (bicyclic) bond motifs is 1. The van der Waals surface area contributed by atoms with Crippen LogP contribution < -0.4 is 4.74 Å². The molecule has 2 aromatic heterocycles. The molecule has 0 radical (unpaired) electrons. The van der Waals surface area contributed by atoms with E-state index in [1.165, 1.54) is 0 Å². The Morgan fingerprint density at radius 3 is 2.62 bits per heavy atom. The van der Waals surface area contributed by atoms with E-state index >= 15 is 0 Å². The van der Waals surface area contributed by atoms with Crippen LogP contribution in [-0.2, 0) is 14.1 Å². The summed E-state index contributed by atoms with van der Waals surface area (Å²) < 4.78 is 8.95. The third kappa shape index (κ3) is 1.96. The Labute approximate surface area is 121 Å². The van der Waals surface area contributed by atoms with E-state index in [-0.39, 0.29) is 5.69 Å². The van der Waals surface area contributed by atoms with Crippen molar-refractivity contribution in [3.05, 3.63) is 36.0 Å². The molecule has 0 aliphatic heterocycles. The van der Waals surface area contributed by atoms with Gasteiger partial charge >= 0.3 is 5.97 Å². The highest BCUT2D eigenvalue weighted by molar-refractivity contribution is 5.92. The van der Waals surface area contributed by atoms with Crippen molar-refractivity contribution < 1.29 is 14.6 Å². The van der Waals surface area contributed by atoms with Gasteiger partial charge in [-0.05, 0) is 18.2 Å². The lowest BCUT2D eigenvalue weighted by Gasteiger charge is -2.04. The van der Waals surface area contributed by atoms with Gasteiger partial charge in [-0.2, -0.15) is 5.10 Å². The van der Waals surface area contributed by atoms with Gasteiger partial charge < -0.3 is 14.4 Å². The van der Waals surface area contributed by atoms with Crippen molar-refractivity contribution in [3.63, 3.8) is 0 Å². The Kier molecular flexibility index (Phi) is 2.94. The molecule has 0 fully saturated rings. The van der Waals surface area contributed by atoms with E-state index in [1.54, 1.807) is 24.9 Å². The highest BCUT2D eigenvalue weighted by Crippen LogP contribution is 2.32. The highest BCUT2D eigenvalue weighted by atomic mass is 16.5. The fourth-order valence-electron chi connectivity index (χ4n) is 2.57. The van der Waals surface area contributed by atoms with Gasteiger partial charge in [0.15, 0.2) is 5.69 Å². The number of carboxylic acids is 1. The van der Waals surface area contributed by atoms with Gasteiger partial charge in [0.2, 0.25) is 0 Å². The van der Waals surface area contributed by atoms with Crippen molar-refractivity contribution in [2.24, 2.45) is 14.1 Å². The second-order valence-corrected chi connectivity index (χ2v) is 4.83. The van der Waals surface area contributed by atoms with E-state index in [0.29, 0.717) is 0 Å². The molecule has 6 heteroatoms. The number of rotatable bonds is 3. The number of nitrogens with zero attached hydrogens (tertiary/aromatic N) is 3. The van der Waals surface area contributed by atoms with Crippen LogP contribution >= 0.6 is 0 Å². The van der Waals surface area contributed by atoms with Gasteiger partial charge in [0.05, 0.1) is 24.0 Å². The van der Waals surface area contributed by atoms with E-state index in [1.807, 2.05) is 35.9 Å². The smallest absolute Gasteiger partial charge is 0.356 e. The number of carbonyl (C=O) groups is 1. The largest absolute Gasteiger partial charge is 0.496 e. The van der Waals surface area contributed by atoms with Crippen molar-refractivity contribution in [3.8, 4) is 17.1 Å². The third-order valence-electron chi connectivity index (χ3n) is 3.63. The fourth-order valence-corrected chi connectivity index (χ4v) is 2.57. The molecule has 0 unspecified atom stereocenters. The first-order chi connectivity index (χ1) is 10.0. The van der Waals surface area contributed by atoms with E-state index < -0.39 is 5.97 Å². The van der Waals surface area contributed by atoms with Crippen molar-refractivity contribution >= 4 is 16.9 Å². The summed E-state index contributed by atoms with van der Waals surface area (Å²) in [6.07, 6.45) is 0. The van der Waals surface area contributed by atoms with Crippen molar-refractivity contribution in [2.45, 2.75) is 0 Å². The van der Waals surface area contributed by atoms with Crippen LogP contribution in [0.2, 0.25) is 0 Å². The number of hydrogen-bond donors (Lipinski definition) is 1. The monoisotopic (exact) mass is 285 g/mol. The molecule has 3 rings (SSSR count). The minimum Gasteiger partial charge on any atom is -0.496 e. The molecule has 2 heterocycles. The first-order valence-electron chi connectivity index (χ1n) is 6.43.